The van der Waals surface area contributed by atoms with Crippen LogP contribution in [0.25, 0.3) is 0 Å². The third kappa shape index (κ3) is 1.01. The van der Waals surface area contributed by atoms with Crippen LogP contribution in [0.5, 0.6) is 0 Å². The molecular formula is C12H15NO3. The van der Waals surface area contributed by atoms with Crippen LogP contribution < -0.4 is 4.84 Å². The Hall–Kier alpha value is -1.00. The number of rotatable bonds is 0. The van der Waals surface area contributed by atoms with Gasteiger partial charge < -0.3 is 14.3 Å². The Bertz CT molecular complexity index is 410. The lowest BCUT2D eigenvalue weighted by molar-refractivity contribution is -0.238. The van der Waals surface area contributed by atoms with Crippen LogP contribution in [0.15, 0.2) is 18.3 Å². The highest BCUT2D eigenvalue weighted by Gasteiger charge is 2.53. The minimum atomic E-state index is -0.290. The molecule has 2 spiro atoms. The molecule has 1 saturated heterocycles. The Balaban J connectivity index is 1.56. The molecule has 1 aliphatic carbocycles. The number of ether oxygens (including phenoxy) is 2. The minimum absolute atomic E-state index is 0.0515. The summed E-state index contributed by atoms with van der Waals surface area (Å²) in [7, 11) is 0. The predicted molar refractivity (Wildman–Crippen MR) is 55.8 cm³/mol. The van der Waals surface area contributed by atoms with Gasteiger partial charge in [-0.3, -0.25) is 0 Å². The first kappa shape index (κ1) is 9.07. The monoisotopic (exact) mass is 221 g/mol. The zero-order valence-corrected chi connectivity index (χ0v) is 9.15. The quantitative estimate of drug-likeness (QED) is 0.664. The maximum Gasteiger partial charge on any atom is 0.179 e. The Labute approximate surface area is 94.0 Å². The van der Waals surface area contributed by atoms with Crippen LogP contribution in [0.3, 0.4) is 0 Å². The molecule has 1 aromatic heterocycles. The van der Waals surface area contributed by atoms with E-state index < -0.39 is 0 Å². The van der Waals surface area contributed by atoms with E-state index >= 15 is 0 Å². The molecule has 4 heteroatoms. The summed E-state index contributed by atoms with van der Waals surface area (Å²) in [5, 5.41) is 0. The van der Waals surface area contributed by atoms with Gasteiger partial charge in [-0.05, 0) is 12.1 Å². The number of hydrogen-bond acceptors (Lipinski definition) is 3. The Kier molecular flexibility index (Phi) is 1.60. The molecule has 0 amide bonds. The fourth-order valence-electron chi connectivity index (χ4n) is 3.16. The number of aromatic nitrogens is 1. The predicted octanol–water partition coefficient (Wildman–Crippen LogP) is 1.44. The Morgan fingerprint density at radius 2 is 1.81 bits per heavy atom. The van der Waals surface area contributed by atoms with Gasteiger partial charge in [-0.2, -0.15) is 4.73 Å². The molecule has 3 heterocycles. The van der Waals surface area contributed by atoms with Gasteiger partial charge in [0.2, 0.25) is 0 Å². The summed E-state index contributed by atoms with van der Waals surface area (Å²) in [5.41, 5.74) is 1.25. The highest BCUT2D eigenvalue weighted by atomic mass is 16.7. The summed E-state index contributed by atoms with van der Waals surface area (Å²) in [4.78, 5) is 5.86. The topological polar surface area (TPSA) is 32.6 Å². The molecule has 1 saturated carbocycles. The second-order valence-electron chi connectivity index (χ2n) is 4.91. The summed E-state index contributed by atoms with van der Waals surface area (Å²) in [5.74, 6) is -0.290. The van der Waals surface area contributed by atoms with Crippen LogP contribution in [-0.4, -0.2) is 23.7 Å². The molecule has 4 rings (SSSR count). The van der Waals surface area contributed by atoms with Crippen molar-refractivity contribution in [2.24, 2.45) is 0 Å². The zero-order valence-electron chi connectivity index (χ0n) is 9.15. The average Bonchev–Trinajstić information content (AvgIpc) is 2.89. The van der Waals surface area contributed by atoms with Crippen LogP contribution >= 0.6 is 0 Å². The summed E-state index contributed by atoms with van der Waals surface area (Å²) >= 11 is 0. The smallest absolute Gasteiger partial charge is 0.179 e. The molecule has 1 aromatic rings. The van der Waals surface area contributed by atoms with Gasteiger partial charge in [-0.15, -0.1) is 0 Å². The normalized spacial score (nSPS) is 28.8. The molecule has 0 unspecified atom stereocenters. The Morgan fingerprint density at radius 3 is 2.50 bits per heavy atom. The Morgan fingerprint density at radius 1 is 1.06 bits per heavy atom. The largest absolute Gasteiger partial charge is 0.401 e. The molecular weight excluding hydrogens is 206 g/mol. The second kappa shape index (κ2) is 2.81. The van der Waals surface area contributed by atoms with Crippen molar-refractivity contribution in [2.45, 2.75) is 37.1 Å². The summed E-state index contributed by atoms with van der Waals surface area (Å²) in [6.07, 6.45) is 5.85. The van der Waals surface area contributed by atoms with Crippen molar-refractivity contribution in [2.75, 3.05) is 13.2 Å². The van der Waals surface area contributed by atoms with Crippen molar-refractivity contribution in [1.29, 1.82) is 0 Å². The summed E-state index contributed by atoms with van der Waals surface area (Å²) < 4.78 is 13.3. The summed E-state index contributed by atoms with van der Waals surface area (Å²) in [6, 6.07) is 4.19. The van der Waals surface area contributed by atoms with E-state index in [0.717, 1.165) is 38.9 Å². The van der Waals surface area contributed by atoms with Gasteiger partial charge in [0.05, 0.1) is 13.2 Å². The lowest BCUT2D eigenvalue weighted by Crippen LogP contribution is -2.55. The fraction of sp³-hybridized carbons (Fsp3) is 0.667. The second-order valence-corrected chi connectivity index (χ2v) is 4.91. The SMILES string of the molecule is c1cc2n(c1)OC21CCC2(CC1)OCCO2. The maximum atomic E-state index is 5.86. The molecule has 86 valence electrons. The van der Waals surface area contributed by atoms with E-state index in [1.807, 2.05) is 17.0 Å². The van der Waals surface area contributed by atoms with E-state index in [4.69, 9.17) is 14.3 Å². The van der Waals surface area contributed by atoms with Crippen LogP contribution in [0.2, 0.25) is 0 Å². The zero-order chi connectivity index (χ0) is 10.6. The van der Waals surface area contributed by atoms with E-state index in [1.165, 1.54) is 5.69 Å². The van der Waals surface area contributed by atoms with E-state index in [-0.39, 0.29) is 11.4 Å². The van der Waals surface area contributed by atoms with Crippen LogP contribution in [0.4, 0.5) is 0 Å². The first-order valence-electron chi connectivity index (χ1n) is 5.97. The van der Waals surface area contributed by atoms with Crippen molar-refractivity contribution in [3.05, 3.63) is 24.0 Å². The van der Waals surface area contributed by atoms with Gasteiger partial charge in [0.1, 0.15) is 5.69 Å². The van der Waals surface area contributed by atoms with Crippen LogP contribution in [0.1, 0.15) is 31.4 Å². The molecule has 3 aliphatic rings. The van der Waals surface area contributed by atoms with E-state index in [2.05, 4.69) is 6.07 Å². The number of fused-ring (bicyclic) bond motifs is 2. The molecule has 16 heavy (non-hydrogen) atoms. The summed E-state index contributed by atoms with van der Waals surface area (Å²) in [6.45, 7) is 1.48. The first-order valence-corrected chi connectivity index (χ1v) is 5.97. The van der Waals surface area contributed by atoms with Gasteiger partial charge in [0.15, 0.2) is 11.4 Å². The van der Waals surface area contributed by atoms with Gasteiger partial charge in [0, 0.05) is 31.9 Å². The van der Waals surface area contributed by atoms with Crippen molar-refractivity contribution in [1.82, 2.24) is 4.73 Å². The van der Waals surface area contributed by atoms with Crippen molar-refractivity contribution >= 4 is 0 Å². The molecule has 0 atom stereocenters. The van der Waals surface area contributed by atoms with Gasteiger partial charge >= 0.3 is 0 Å². The van der Waals surface area contributed by atoms with Gasteiger partial charge in [0.25, 0.3) is 0 Å². The van der Waals surface area contributed by atoms with Crippen molar-refractivity contribution < 1.29 is 14.3 Å². The number of nitrogens with zero attached hydrogens (tertiary/aromatic N) is 1. The van der Waals surface area contributed by atoms with Crippen molar-refractivity contribution in [3.8, 4) is 0 Å². The molecule has 0 radical (unpaired) electrons. The van der Waals surface area contributed by atoms with E-state index in [0.29, 0.717) is 0 Å². The third-order valence-electron chi connectivity index (χ3n) is 4.09. The van der Waals surface area contributed by atoms with Crippen LogP contribution in [-0.2, 0) is 15.1 Å². The maximum absolute atomic E-state index is 5.86. The first-order chi connectivity index (χ1) is 7.82. The van der Waals surface area contributed by atoms with Gasteiger partial charge in [-0.1, -0.05) is 0 Å². The van der Waals surface area contributed by atoms with Crippen molar-refractivity contribution in [3.63, 3.8) is 0 Å². The van der Waals surface area contributed by atoms with Gasteiger partial charge in [-0.25, -0.2) is 0 Å². The highest BCUT2D eigenvalue weighted by Crippen LogP contribution is 2.49. The standard InChI is InChI=1S/C12H15NO3/c1-2-10-11(16-13(10)7-1)3-5-12(6-4-11)14-8-9-15-12/h1-2,7H,3-6,8-9H2. The molecule has 2 aliphatic heterocycles. The molecule has 2 fully saturated rings. The van der Waals surface area contributed by atoms with Crippen LogP contribution in [0, 0.1) is 0 Å². The van der Waals surface area contributed by atoms with E-state index in [9.17, 15) is 0 Å². The van der Waals surface area contributed by atoms with E-state index in [1.54, 1.807) is 0 Å². The minimum Gasteiger partial charge on any atom is -0.401 e. The average molecular weight is 221 g/mol. The lowest BCUT2D eigenvalue weighted by Gasteiger charge is -2.48. The molecule has 0 bridgehead atoms. The molecule has 0 N–H and O–H groups in total. The highest BCUT2D eigenvalue weighted by molar-refractivity contribution is 5.22. The third-order valence-corrected chi connectivity index (χ3v) is 4.09. The molecule has 4 nitrogen and oxygen atoms in total. The fourth-order valence-corrected chi connectivity index (χ4v) is 3.16. The molecule has 0 aromatic carbocycles. The lowest BCUT2D eigenvalue weighted by atomic mass is 9.78. The number of hydrogen-bond donors (Lipinski definition) is 0.